The Morgan fingerprint density at radius 2 is 0.449 bits per heavy atom. The fourth-order valence-electron chi connectivity index (χ4n) is 11.1. The lowest BCUT2D eigenvalue weighted by Gasteiger charge is -2.25. The third-order valence-electron chi connectivity index (χ3n) is 17.0. The van der Waals surface area contributed by atoms with Crippen molar-refractivity contribution in [1.29, 1.82) is 0 Å². The van der Waals surface area contributed by atoms with E-state index in [0.29, 0.717) is 129 Å². The molecule has 17 heteroatoms. The van der Waals surface area contributed by atoms with E-state index >= 15 is 4.57 Å². The molecule has 3 rings (SSSR count). The van der Waals surface area contributed by atoms with E-state index in [0.717, 1.165) is 204 Å². The molecule has 0 unspecified atom stereocenters. The molecule has 0 bridgehead atoms. The van der Waals surface area contributed by atoms with Gasteiger partial charge in [-0.2, -0.15) is 4.57 Å². The molecule has 0 heterocycles. The molecule has 0 aliphatic rings. The Morgan fingerprint density at radius 1 is 0.276 bits per heavy atom. The SMILES string of the molecule is C=C(C)C(=O)OCCCCCCc1ccc(OP(=O)(Oc2ccc(CCCCCCOC(=O)C(=C)C)c(CCCCCCOC(=O)C(=C)C)c2C)Oc2ccc(CCCCCCOC(=O)C(=C)C)c(CCCCCCOC(=O)C(=C)C)c2C)c(C)c1CCCCCCOC(=O)C(=C)C. The first-order valence-electron chi connectivity index (χ1n) is 35.7. The lowest BCUT2D eigenvalue weighted by Crippen LogP contribution is -2.12. The van der Waals surface area contributed by atoms with E-state index < -0.39 is 25.7 Å². The summed E-state index contributed by atoms with van der Waals surface area (Å²) in [5.74, 6) is -1.23. The number of phosphoric acid groups is 1. The monoisotopic (exact) mass is 1380 g/mol. The summed E-state index contributed by atoms with van der Waals surface area (Å²) >= 11 is 0. The number of phosphoric ester groups is 1. The van der Waals surface area contributed by atoms with Crippen LogP contribution in [-0.2, 0) is 100 Å². The van der Waals surface area contributed by atoms with E-state index in [4.69, 9.17) is 42.0 Å². The minimum Gasteiger partial charge on any atom is -0.462 e. The molecule has 0 aliphatic heterocycles. The first-order valence-corrected chi connectivity index (χ1v) is 37.2. The second-order valence-corrected chi connectivity index (χ2v) is 27.6. The molecule has 98 heavy (non-hydrogen) atoms. The molecule has 0 saturated carbocycles. The van der Waals surface area contributed by atoms with Gasteiger partial charge in [0.1, 0.15) is 17.2 Å². The van der Waals surface area contributed by atoms with Gasteiger partial charge in [-0.15, -0.1) is 0 Å². The highest BCUT2D eigenvalue weighted by atomic mass is 31.2. The van der Waals surface area contributed by atoms with Gasteiger partial charge in [-0.05, 0) is 246 Å². The summed E-state index contributed by atoms with van der Waals surface area (Å²) in [5, 5.41) is 0. The number of ether oxygens (including phenoxy) is 6. The van der Waals surface area contributed by atoms with Crippen LogP contribution in [0.4, 0.5) is 0 Å². The van der Waals surface area contributed by atoms with Crippen molar-refractivity contribution in [2.45, 2.75) is 255 Å². The van der Waals surface area contributed by atoms with E-state index in [9.17, 15) is 28.8 Å². The summed E-state index contributed by atoms with van der Waals surface area (Å²) in [4.78, 5) is 72.3. The van der Waals surface area contributed by atoms with Crippen LogP contribution in [0.25, 0.3) is 0 Å². The molecule has 0 N–H and O–H groups in total. The molecule has 16 nitrogen and oxygen atoms in total. The van der Waals surface area contributed by atoms with Crippen LogP contribution < -0.4 is 13.6 Å². The third-order valence-corrected chi connectivity index (χ3v) is 18.3. The normalized spacial score (nSPS) is 11.1. The van der Waals surface area contributed by atoms with E-state index in [1.165, 1.54) is 0 Å². The molecule has 0 aliphatic carbocycles. The zero-order valence-corrected chi connectivity index (χ0v) is 62.0. The predicted octanol–water partition coefficient (Wildman–Crippen LogP) is 19.6. The number of carbonyl (C=O) groups excluding carboxylic acids is 6. The molecule has 0 atom stereocenters. The van der Waals surface area contributed by atoms with Crippen molar-refractivity contribution in [3.05, 3.63) is 159 Å². The van der Waals surface area contributed by atoms with Crippen molar-refractivity contribution < 1.29 is 75.3 Å². The quantitative estimate of drug-likeness (QED) is 0.0170. The summed E-state index contributed by atoms with van der Waals surface area (Å²) < 4.78 is 69.1. The van der Waals surface area contributed by atoms with Gasteiger partial charge in [0.2, 0.25) is 0 Å². The number of hydrogen-bond donors (Lipinski definition) is 0. The number of esters is 6. The second-order valence-electron chi connectivity index (χ2n) is 26.2. The van der Waals surface area contributed by atoms with Crippen LogP contribution in [0.2, 0.25) is 0 Å². The Kier molecular flexibility index (Phi) is 41.1. The topological polar surface area (TPSA) is 203 Å². The second kappa shape index (κ2) is 47.5. The van der Waals surface area contributed by atoms with Crippen LogP contribution in [0.1, 0.15) is 246 Å². The van der Waals surface area contributed by atoms with Gasteiger partial charge < -0.3 is 42.0 Å². The van der Waals surface area contributed by atoms with E-state index in [1.54, 1.807) is 41.5 Å². The fourth-order valence-corrected chi connectivity index (χ4v) is 12.6. The van der Waals surface area contributed by atoms with Crippen LogP contribution >= 0.6 is 7.82 Å². The number of unbranched alkanes of at least 4 members (excludes halogenated alkanes) is 18. The van der Waals surface area contributed by atoms with Gasteiger partial charge in [0.15, 0.2) is 0 Å². The molecule has 0 saturated heterocycles. The standard InChI is InChI=1S/C81H117O16P/c1-58(2)76(82)89-52-34-22-16-28-40-67-46-49-73(64(13)70(67)43-31-19-25-37-55-92-79(85)61(7)8)95-98(88,96-74-50-47-68(41-29-17-23-35-53-90-77(83)59(3)4)71(65(74)14)44-32-20-26-38-56-93-80(86)62(9)10)97-75-51-48-69(42-30-18-24-36-54-91-78(84)60(5)6)72(66(75)15)45-33-21-27-39-57-94-81(87)63(11)12/h46-51H,1,3,5,7,9,11,16-45,52-57H2,2,4,6,8,10,12-15H3. The molecular formula is C81H117O16P. The Labute approximate surface area is 587 Å². The van der Waals surface area contributed by atoms with Gasteiger partial charge in [0.25, 0.3) is 0 Å². The fraction of sp³-hybridized carbons (Fsp3) is 0.556. The smallest absolute Gasteiger partial charge is 0.462 e. The molecule has 0 fully saturated rings. The lowest BCUT2D eigenvalue weighted by molar-refractivity contribution is -0.139. The zero-order chi connectivity index (χ0) is 72.4. The largest absolute Gasteiger partial charge is 0.647 e. The molecule has 0 amide bonds. The van der Waals surface area contributed by atoms with E-state index in [-0.39, 0.29) is 17.9 Å². The molecule has 0 aromatic heterocycles. The van der Waals surface area contributed by atoms with Crippen LogP contribution in [0, 0.1) is 20.8 Å². The molecule has 3 aromatic carbocycles. The number of aryl methyl sites for hydroxylation is 3. The summed E-state index contributed by atoms with van der Waals surface area (Å²) in [5.41, 5.74) is 11.4. The van der Waals surface area contributed by atoms with E-state index in [2.05, 4.69) is 57.7 Å². The minimum atomic E-state index is -4.67. The van der Waals surface area contributed by atoms with Gasteiger partial charge in [-0.3, -0.25) is 0 Å². The number of carbonyl (C=O) groups is 6. The summed E-state index contributed by atoms with van der Waals surface area (Å²) in [6.45, 7) is 39.9. The average Bonchev–Trinajstić information content (AvgIpc) is 0.788. The first-order chi connectivity index (χ1) is 46.8. The van der Waals surface area contributed by atoms with Crippen molar-refractivity contribution in [2.75, 3.05) is 39.6 Å². The number of hydrogen-bond acceptors (Lipinski definition) is 16. The maximum Gasteiger partial charge on any atom is 0.647 e. The lowest BCUT2D eigenvalue weighted by atomic mass is 9.92. The Morgan fingerprint density at radius 3 is 0.633 bits per heavy atom. The molecule has 542 valence electrons. The highest BCUT2D eigenvalue weighted by molar-refractivity contribution is 7.49. The maximum atomic E-state index is 16.3. The van der Waals surface area contributed by atoms with Gasteiger partial charge in [-0.1, -0.05) is 135 Å². The van der Waals surface area contributed by atoms with Crippen molar-refractivity contribution in [3.8, 4) is 17.2 Å². The average molecular weight is 1380 g/mol. The van der Waals surface area contributed by atoms with Gasteiger partial charge >= 0.3 is 43.6 Å². The van der Waals surface area contributed by atoms with Gasteiger partial charge in [0, 0.05) is 33.4 Å². The Balaban J connectivity index is 2.17. The molecule has 0 radical (unpaired) electrons. The van der Waals surface area contributed by atoms with Crippen molar-refractivity contribution in [3.63, 3.8) is 0 Å². The predicted molar refractivity (Wildman–Crippen MR) is 391 cm³/mol. The molecule has 3 aromatic rings. The summed E-state index contributed by atoms with van der Waals surface area (Å²) in [6, 6.07) is 11.8. The van der Waals surface area contributed by atoms with Crippen LogP contribution in [0.3, 0.4) is 0 Å². The summed E-state index contributed by atoms with van der Waals surface area (Å²) in [7, 11) is -4.67. The van der Waals surface area contributed by atoms with Crippen LogP contribution in [0.5, 0.6) is 17.2 Å². The number of rotatable bonds is 54. The van der Waals surface area contributed by atoms with Crippen molar-refractivity contribution in [2.24, 2.45) is 0 Å². The first kappa shape index (κ1) is 84.8. The third kappa shape index (κ3) is 33.4. The molecular weight excluding hydrogens is 1260 g/mol. The number of benzene rings is 3. The highest BCUT2D eigenvalue weighted by Gasteiger charge is 2.36. The van der Waals surface area contributed by atoms with Crippen molar-refractivity contribution in [1.82, 2.24) is 0 Å². The molecule has 0 spiro atoms. The van der Waals surface area contributed by atoms with Gasteiger partial charge in [-0.25, -0.2) is 28.8 Å². The minimum absolute atomic E-state index is 0.316. The maximum absolute atomic E-state index is 16.3. The Bertz CT molecular complexity index is 2870. The van der Waals surface area contributed by atoms with Crippen LogP contribution in [0.15, 0.2) is 109 Å². The van der Waals surface area contributed by atoms with Crippen LogP contribution in [-0.4, -0.2) is 75.5 Å². The highest BCUT2D eigenvalue weighted by Crippen LogP contribution is 2.53. The van der Waals surface area contributed by atoms with Gasteiger partial charge in [0.05, 0.1) is 39.6 Å². The zero-order valence-electron chi connectivity index (χ0n) is 61.1. The Hall–Kier alpha value is -7.45. The van der Waals surface area contributed by atoms with Crippen molar-refractivity contribution >= 4 is 43.6 Å². The summed E-state index contributed by atoms with van der Waals surface area (Å²) in [6.07, 6.45) is 24.7. The van der Waals surface area contributed by atoms with E-state index in [1.807, 2.05) is 39.0 Å².